The van der Waals surface area contributed by atoms with Crippen LogP contribution in [-0.4, -0.2) is 66.2 Å². The van der Waals surface area contributed by atoms with Crippen LogP contribution in [0.2, 0.25) is 0 Å². The van der Waals surface area contributed by atoms with Gasteiger partial charge in [-0.2, -0.15) is 0 Å². The molecule has 1 aliphatic carbocycles. The van der Waals surface area contributed by atoms with E-state index in [9.17, 15) is 9.59 Å². The Hall–Kier alpha value is -1.79. The largest absolute Gasteiger partial charge is 0.337 e. The van der Waals surface area contributed by atoms with E-state index < -0.39 is 0 Å². The summed E-state index contributed by atoms with van der Waals surface area (Å²) in [7, 11) is 4.03. The molecule has 1 N–H and O–H groups in total. The maximum absolute atomic E-state index is 12.4. The summed E-state index contributed by atoms with van der Waals surface area (Å²) in [6.45, 7) is 3.98. The average Bonchev–Trinajstić information content (AvgIpc) is 3.32. The lowest BCUT2D eigenvalue weighted by Crippen LogP contribution is -2.42. The van der Waals surface area contributed by atoms with E-state index in [1.807, 2.05) is 19.0 Å². The number of pyridine rings is 1. The molecule has 126 valence electrons. The second kappa shape index (κ2) is 8.17. The summed E-state index contributed by atoms with van der Waals surface area (Å²) in [5.41, 5.74) is 1.42. The smallest absolute Gasteiger partial charge is 0.236 e. The zero-order valence-electron chi connectivity index (χ0n) is 14.2. The second-order valence-corrected chi connectivity index (χ2v) is 6.32. The Kier molecular flexibility index (Phi) is 6.24. The maximum atomic E-state index is 12.4. The highest BCUT2D eigenvalue weighted by molar-refractivity contribution is 5.93. The Morgan fingerprint density at radius 3 is 2.65 bits per heavy atom. The van der Waals surface area contributed by atoms with E-state index in [1.165, 1.54) is 6.92 Å². The number of carbonyl (C=O) groups excluding carboxylic acids is 2. The Balaban J connectivity index is 1.81. The first-order valence-electron chi connectivity index (χ1n) is 8.08. The molecule has 6 heteroatoms. The van der Waals surface area contributed by atoms with E-state index in [-0.39, 0.29) is 11.7 Å². The number of nitrogens with one attached hydrogen (secondary N) is 1. The molecule has 0 unspecified atom stereocenters. The fraction of sp³-hybridized carbons (Fsp3) is 0.588. The molecule has 1 aromatic heterocycles. The van der Waals surface area contributed by atoms with Crippen molar-refractivity contribution in [1.29, 1.82) is 0 Å². The molecule has 0 aliphatic heterocycles. The predicted octanol–water partition coefficient (Wildman–Crippen LogP) is 0.926. The van der Waals surface area contributed by atoms with Crippen molar-refractivity contribution in [3.63, 3.8) is 0 Å². The van der Waals surface area contributed by atoms with E-state index in [2.05, 4.69) is 15.2 Å². The van der Waals surface area contributed by atoms with Crippen LogP contribution in [0.4, 0.5) is 0 Å². The van der Waals surface area contributed by atoms with E-state index in [0.29, 0.717) is 24.7 Å². The van der Waals surface area contributed by atoms with Crippen LogP contribution >= 0.6 is 0 Å². The highest BCUT2D eigenvalue weighted by Gasteiger charge is 2.31. The maximum Gasteiger partial charge on any atom is 0.236 e. The Morgan fingerprint density at radius 1 is 1.30 bits per heavy atom. The summed E-state index contributed by atoms with van der Waals surface area (Å²) in [5, 5.41) is 3.14. The minimum atomic E-state index is 0.0216. The lowest BCUT2D eigenvalue weighted by Gasteiger charge is -2.24. The number of carbonyl (C=O) groups is 2. The van der Waals surface area contributed by atoms with Gasteiger partial charge < -0.3 is 15.1 Å². The number of aromatic nitrogens is 1. The first-order chi connectivity index (χ1) is 11.0. The molecule has 2 rings (SSSR count). The molecule has 1 fully saturated rings. The quantitative estimate of drug-likeness (QED) is 0.686. The highest BCUT2D eigenvalue weighted by atomic mass is 16.2. The molecule has 0 spiro atoms. The molecular weight excluding hydrogens is 292 g/mol. The third-order valence-electron chi connectivity index (χ3n) is 3.90. The molecule has 0 saturated heterocycles. The number of hydrogen-bond donors (Lipinski definition) is 1. The van der Waals surface area contributed by atoms with Crippen LogP contribution in [0.15, 0.2) is 18.3 Å². The second-order valence-electron chi connectivity index (χ2n) is 6.32. The van der Waals surface area contributed by atoms with Crippen molar-refractivity contribution in [3.05, 3.63) is 29.6 Å². The van der Waals surface area contributed by atoms with Crippen molar-refractivity contribution in [1.82, 2.24) is 20.1 Å². The first kappa shape index (κ1) is 17.6. The third kappa shape index (κ3) is 5.73. The third-order valence-corrected chi connectivity index (χ3v) is 3.90. The molecule has 23 heavy (non-hydrogen) atoms. The normalized spacial score (nSPS) is 14.1. The number of likely N-dealkylation sites (N-methyl/N-ethyl adjacent to an activating group) is 1. The van der Waals surface area contributed by atoms with Crippen LogP contribution < -0.4 is 5.32 Å². The summed E-state index contributed by atoms with van der Waals surface area (Å²) in [4.78, 5) is 32.0. The van der Waals surface area contributed by atoms with Gasteiger partial charge in [0.05, 0.1) is 12.2 Å². The van der Waals surface area contributed by atoms with E-state index >= 15 is 0 Å². The number of amides is 1. The molecule has 0 radical (unpaired) electrons. The lowest BCUT2D eigenvalue weighted by atomic mass is 10.1. The van der Waals surface area contributed by atoms with Crippen molar-refractivity contribution in [2.75, 3.05) is 33.7 Å². The van der Waals surface area contributed by atoms with Crippen LogP contribution in [0.5, 0.6) is 0 Å². The molecule has 1 saturated carbocycles. The number of ketones is 1. The van der Waals surface area contributed by atoms with Gasteiger partial charge in [-0.25, -0.2) is 0 Å². The summed E-state index contributed by atoms with van der Waals surface area (Å²) < 4.78 is 0. The molecule has 1 aromatic rings. The van der Waals surface area contributed by atoms with Crippen molar-refractivity contribution in [3.8, 4) is 0 Å². The molecule has 1 amide bonds. The minimum absolute atomic E-state index is 0.0216. The lowest BCUT2D eigenvalue weighted by molar-refractivity contribution is -0.131. The number of hydrogen-bond acceptors (Lipinski definition) is 5. The van der Waals surface area contributed by atoms with Gasteiger partial charge in [0.1, 0.15) is 0 Å². The Labute approximate surface area is 137 Å². The van der Waals surface area contributed by atoms with E-state index in [4.69, 9.17) is 0 Å². The predicted molar refractivity (Wildman–Crippen MR) is 89.2 cm³/mol. The van der Waals surface area contributed by atoms with E-state index in [0.717, 1.165) is 31.6 Å². The van der Waals surface area contributed by atoms with Gasteiger partial charge in [0.15, 0.2) is 5.78 Å². The molecule has 1 heterocycles. The van der Waals surface area contributed by atoms with Crippen LogP contribution in [0.25, 0.3) is 0 Å². The van der Waals surface area contributed by atoms with E-state index in [1.54, 1.807) is 18.3 Å². The first-order valence-corrected chi connectivity index (χ1v) is 8.08. The number of nitrogens with zero attached hydrogens (tertiary/aromatic N) is 3. The van der Waals surface area contributed by atoms with Gasteiger partial charge in [0, 0.05) is 37.4 Å². The fourth-order valence-corrected chi connectivity index (χ4v) is 2.40. The Bertz CT molecular complexity index is 555. The summed E-state index contributed by atoms with van der Waals surface area (Å²) in [5.74, 6) is 0.158. The van der Waals surface area contributed by atoms with Crippen molar-refractivity contribution in [2.24, 2.45) is 0 Å². The van der Waals surface area contributed by atoms with Crippen molar-refractivity contribution < 1.29 is 9.59 Å². The SMILES string of the molecule is CC(=O)c1ccnc(CNCC(=O)N(CCN(C)C)C2CC2)c1. The zero-order chi connectivity index (χ0) is 16.8. The van der Waals surface area contributed by atoms with Gasteiger partial charge >= 0.3 is 0 Å². The topological polar surface area (TPSA) is 65.5 Å². The number of rotatable bonds is 9. The van der Waals surface area contributed by atoms with Gasteiger partial charge in [-0.05, 0) is 46.0 Å². The molecular formula is C17H26N4O2. The number of Topliss-reactive ketones (excluding diaryl/α,β-unsaturated/α-hetero) is 1. The summed E-state index contributed by atoms with van der Waals surface area (Å²) in [6, 6.07) is 3.89. The van der Waals surface area contributed by atoms with Gasteiger partial charge in [0.25, 0.3) is 0 Å². The van der Waals surface area contributed by atoms with Crippen molar-refractivity contribution in [2.45, 2.75) is 32.4 Å². The van der Waals surface area contributed by atoms with Gasteiger partial charge in [-0.3, -0.25) is 14.6 Å². The van der Waals surface area contributed by atoms with Crippen LogP contribution in [0.3, 0.4) is 0 Å². The van der Waals surface area contributed by atoms with Crippen molar-refractivity contribution >= 4 is 11.7 Å². The molecule has 6 nitrogen and oxygen atoms in total. The molecule has 1 aliphatic rings. The minimum Gasteiger partial charge on any atom is -0.337 e. The Morgan fingerprint density at radius 2 is 2.04 bits per heavy atom. The van der Waals surface area contributed by atoms with Crippen LogP contribution in [-0.2, 0) is 11.3 Å². The zero-order valence-corrected chi connectivity index (χ0v) is 14.2. The molecule has 0 atom stereocenters. The summed E-state index contributed by atoms with van der Waals surface area (Å²) in [6.07, 6.45) is 3.85. The monoisotopic (exact) mass is 318 g/mol. The van der Waals surface area contributed by atoms with Crippen LogP contribution in [0.1, 0.15) is 35.8 Å². The summed E-state index contributed by atoms with van der Waals surface area (Å²) >= 11 is 0. The standard InChI is InChI=1S/C17H26N4O2/c1-13(22)14-6-7-19-15(10-14)11-18-12-17(23)21(16-4-5-16)9-8-20(2)3/h6-7,10,16,18H,4-5,8-9,11-12H2,1-3H3. The molecule has 0 aromatic carbocycles. The van der Waals surface area contributed by atoms with Gasteiger partial charge in [-0.15, -0.1) is 0 Å². The van der Waals surface area contributed by atoms with Gasteiger partial charge in [0.2, 0.25) is 5.91 Å². The average molecular weight is 318 g/mol. The fourth-order valence-electron chi connectivity index (χ4n) is 2.40. The molecule has 0 bridgehead atoms. The van der Waals surface area contributed by atoms with Gasteiger partial charge in [-0.1, -0.05) is 0 Å². The highest BCUT2D eigenvalue weighted by Crippen LogP contribution is 2.26. The van der Waals surface area contributed by atoms with Crippen LogP contribution in [0, 0.1) is 0 Å².